The highest BCUT2D eigenvalue weighted by atomic mass is 32.2. The fraction of sp³-hybridized carbons (Fsp3) is 0.429. The van der Waals surface area contributed by atoms with Gasteiger partial charge >= 0.3 is 0 Å². The fourth-order valence-electron chi connectivity index (χ4n) is 3.83. The first kappa shape index (κ1) is 19.7. The number of anilines is 1. The number of hydrogen-bond donors (Lipinski definition) is 1. The SMILES string of the molecule is Cc1c(C)c(C)c(S(=O)(=O)N2CCN(c3ccc(O)cc3)CC2)c(C)c1C. The molecule has 0 amide bonds. The van der Waals surface area contributed by atoms with Crippen LogP contribution in [0.5, 0.6) is 5.75 Å². The number of phenols is 1. The Morgan fingerprint density at radius 3 is 1.67 bits per heavy atom. The quantitative estimate of drug-likeness (QED) is 0.875. The molecule has 0 aliphatic carbocycles. The topological polar surface area (TPSA) is 60.9 Å². The highest BCUT2D eigenvalue weighted by Crippen LogP contribution is 2.32. The summed E-state index contributed by atoms with van der Waals surface area (Å²) >= 11 is 0. The van der Waals surface area contributed by atoms with Crippen molar-refractivity contribution in [2.24, 2.45) is 0 Å². The largest absolute Gasteiger partial charge is 0.508 e. The molecule has 6 heteroatoms. The lowest BCUT2D eigenvalue weighted by atomic mass is 9.95. The summed E-state index contributed by atoms with van der Waals surface area (Å²) in [6.07, 6.45) is 0. The van der Waals surface area contributed by atoms with Gasteiger partial charge in [0.1, 0.15) is 5.75 Å². The molecule has 1 N–H and O–H groups in total. The lowest BCUT2D eigenvalue weighted by Gasteiger charge is -2.36. The molecule has 0 radical (unpaired) electrons. The van der Waals surface area contributed by atoms with E-state index >= 15 is 0 Å². The van der Waals surface area contributed by atoms with Gasteiger partial charge in [-0.2, -0.15) is 4.31 Å². The van der Waals surface area contributed by atoms with Crippen molar-refractivity contribution in [1.29, 1.82) is 0 Å². The van der Waals surface area contributed by atoms with Gasteiger partial charge in [0.15, 0.2) is 0 Å². The lowest BCUT2D eigenvalue weighted by molar-refractivity contribution is 0.384. The third-order valence-electron chi connectivity index (χ3n) is 5.98. The number of sulfonamides is 1. The lowest BCUT2D eigenvalue weighted by Crippen LogP contribution is -2.49. The Hall–Kier alpha value is -2.05. The number of piperazine rings is 1. The smallest absolute Gasteiger partial charge is 0.243 e. The zero-order valence-electron chi connectivity index (χ0n) is 16.7. The number of benzene rings is 2. The summed E-state index contributed by atoms with van der Waals surface area (Å²) in [5.41, 5.74) is 5.99. The van der Waals surface area contributed by atoms with Gasteiger partial charge < -0.3 is 10.0 Å². The number of hydrogen-bond acceptors (Lipinski definition) is 4. The minimum Gasteiger partial charge on any atom is -0.508 e. The van der Waals surface area contributed by atoms with Gasteiger partial charge in [0.25, 0.3) is 0 Å². The first-order valence-electron chi connectivity index (χ1n) is 9.25. The van der Waals surface area contributed by atoms with Gasteiger partial charge in [-0.15, -0.1) is 0 Å². The maximum absolute atomic E-state index is 13.4. The Bertz CT molecular complexity index is 929. The Morgan fingerprint density at radius 1 is 0.741 bits per heavy atom. The van der Waals surface area contributed by atoms with E-state index in [1.54, 1.807) is 16.4 Å². The van der Waals surface area contributed by atoms with E-state index in [1.807, 2.05) is 39.8 Å². The van der Waals surface area contributed by atoms with Gasteiger partial charge in [0, 0.05) is 31.9 Å². The average molecular weight is 389 g/mol. The van der Waals surface area contributed by atoms with Crippen molar-refractivity contribution in [3.63, 3.8) is 0 Å². The van der Waals surface area contributed by atoms with E-state index in [0.717, 1.165) is 27.9 Å². The third kappa shape index (κ3) is 3.44. The van der Waals surface area contributed by atoms with Crippen LogP contribution in [0, 0.1) is 34.6 Å². The van der Waals surface area contributed by atoms with E-state index in [0.29, 0.717) is 31.1 Å². The minimum atomic E-state index is -3.53. The molecule has 0 spiro atoms. The number of phenolic OH excluding ortho intramolecular Hbond substituents is 1. The van der Waals surface area contributed by atoms with Crippen LogP contribution in [0.1, 0.15) is 27.8 Å². The van der Waals surface area contributed by atoms with Crippen molar-refractivity contribution in [3.05, 3.63) is 52.1 Å². The standard InChI is InChI=1S/C21H28N2O3S/c1-14-15(2)17(4)21(18(5)16(14)3)27(25,26)23-12-10-22(11-13-23)19-6-8-20(24)9-7-19/h6-9,24H,10-13H2,1-5H3. The van der Waals surface area contributed by atoms with E-state index in [2.05, 4.69) is 11.8 Å². The molecular formula is C21H28N2O3S. The molecule has 0 bridgehead atoms. The molecule has 0 saturated carbocycles. The van der Waals surface area contributed by atoms with Gasteiger partial charge in [-0.1, -0.05) is 0 Å². The van der Waals surface area contributed by atoms with Crippen LogP contribution in [0.3, 0.4) is 0 Å². The van der Waals surface area contributed by atoms with Crippen molar-refractivity contribution in [2.45, 2.75) is 39.5 Å². The monoisotopic (exact) mass is 388 g/mol. The molecule has 1 aliphatic rings. The molecule has 1 fully saturated rings. The normalized spacial score (nSPS) is 16.0. The van der Waals surface area contributed by atoms with Gasteiger partial charge in [0.05, 0.1) is 4.90 Å². The highest BCUT2D eigenvalue weighted by molar-refractivity contribution is 7.89. The van der Waals surface area contributed by atoms with E-state index in [1.165, 1.54) is 5.56 Å². The van der Waals surface area contributed by atoms with Crippen LogP contribution in [0.25, 0.3) is 0 Å². The van der Waals surface area contributed by atoms with Crippen molar-refractivity contribution >= 4 is 15.7 Å². The highest BCUT2D eigenvalue weighted by Gasteiger charge is 2.32. The summed E-state index contributed by atoms with van der Waals surface area (Å²) in [5, 5.41) is 9.44. The molecule has 3 rings (SSSR count). The van der Waals surface area contributed by atoms with Crippen LogP contribution in [-0.4, -0.2) is 44.0 Å². The third-order valence-corrected chi connectivity index (χ3v) is 8.16. The molecular weight excluding hydrogens is 360 g/mol. The van der Waals surface area contributed by atoms with Crippen molar-refractivity contribution in [2.75, 3.05) is 31.1 Å². The summed E-state index contributed by atoms with van der Waals surface area (Å²) in [7, 11) is -3.53. The van der Waals surface area contributed by atoms with Crippen molar-refractivity contribution in [3.8, 4) is 5.75 Å². The number of rotatable bonds is 3. The van der Waals surface area contributed by atoms with Crippen molar-refractivity contribution in [1.82, 2.24) is 4.31 Å². The van der Waals surface area contributed by atoms with Gasteiger partial charge in [-0.05, 0) is 86.7 Å². The van der Waals surface area contributed by atoms with Gasteiger partial charge in [-0.25, -0.2) is 8.42 Å². The van der Waals surface area contributed by atoms with Crippen LogP contribution >= 0.6 is 0 Å². The first-order chi connectivity index (χ1) is 12.6. The molecule has 1 heterocycles. The summed E-state index contributed by atoms with van der Waals surface area (Å²) in [5.74, 6) is 0.232. The second-order valence-corrected chi connectivity index (χ2v) is 9.24. The molecule has 1 aliphatic heterocycles. The van der Waals surface area contributed by atoms with Gasteiger partial charge in [-0.3, -0.25) is 0 Å². The predicted molar refractivity (Wildman–Crippen MR) is 109 cm³/mol. The summed E-state index contributed by atoms with van der Waals surface area (Å²) in [4.78, 5) is 2.62. The average Bonchev–Trinajstić information content (AvgIpc) is 2.65. The van der Waals surface area contributed by atoms with Crippen LogP contribution < -0.4 is 4.90 Å². The Morgan fingerprint density at radius 2 is 1.19 bits per heavy atom. The molecule has 2 aromatic rings. The number of aromatic hydroxyl groups is 1. The van der Waals surface area contributed by atoms with Crippen LogP contribution in [0.2, 0.25) is 0 Å². The van der Waals surface area contributed by atoms with E-state index < -0.39 is 10.0 Å². The Kier molecular flexibility index (Phi) is 5.23. The maximum atomic E-state index is 13.4. The zero-order valence-corrected chi connectivity index (χ0v) is 17.5. The second-order valence-electron chi connectivity index (χ2n) is 7.36. The van der Waals surface area contributed by atoms with Crippen LogP contribution in [0.15, 0.2) is 29.2 Å². The zero-order chi connectivity index (χ0) is 19.9. The Balaban J connectivity index is 1.87. The molecule has 0 atom stereocenters. The van der Waals surface area contributed by atoms with Gasteiger partial charge in [0.2, 0.25) is 10.0 Å². The maximum Gasteiger partial charge on any atom is 0.243 e. The van der Waals surface area contributed by atoms with Crippen LogP contribution in [0.4, 0.5) is 5.69 Å². The van der Waals surface area contributed by atoms with Crippen molar-refractivity contribution < 1.29 is 13.5 Å². The fourth-order valence-corrected chi connectivity index (χ4v) is 5.81. The van der Waals surface area contributed by atoms with E-state index in [4.69, 9.17) is 0 Å². The van der Waals surface area contributed by atoms with E-state index in [9.17, 15) is 13.5 Å². The molecule has 146 valence electrons. The molecule has 1 saturated heterocycles. The number of nitrogens with zero attached hydrogens (tertiary/aromatic N) is 2. The predicted octanol–water partition coefficient (Wildman–Crippen LogP) is 3.45. The van der Waals surface area contributed by atoms with E-state index in [-0.39, 0.29) is 5.75 Å². The summed E-state index contributed by atoms with van der Waals surface area (Å²) in [6.45, 7) is 12.0. The molecule has 0 unspecified atom stereocenters. The summed E-state index contributed by atoms with van der Waals surface area (Å²) in [6, 6.07) is 7.03. The molecule has 5 nitrogen and oxygen atoms in total. The first-order valence-corrected chi connectivity index (χ1v) is 10.7. The minimum absolute atomic E-state index is 0.232. The van der Waals surface area contributed by atoms with Crippen LogP contribution in [-0.2, 0) is 10.0 Å². The summed E-state index contributed by atoms with van der Waals surface area (Å²) < 4.78 is 28.4. The molecule has 2 aromatic carbocycles. The molecule has 0 aromatic heterocycles. The second kappa shape index (κ2) is 7.17. The Labute approximate surface area is 162 Å². The molecule has 27 heavy (non-hydrogen) atoms.